The molecule has 11 rings (SSSR count). The van der Waals surface area contributed by atoms with Gasteiger partial charge in [-0.25, -0.2) is 0 Å². The average Bonchev–Trinajstić information content (AvgIpc) is 3.58. The van der Waals surface area contributed by atoms with Gasteiger partial charge in [0, 0.05) is 32.9 Å². The molecule has 4 heterocycles. The lowest BCUT2D eigenvalue weighted by molar-refractivity contribution is 0.327. The summed E-state index contributed by atoms with van der Waals surface area (Å²) in [6.45, 7) is 33.6. The normalized spacial score (nSPS) is 20.8. The molecule has 3 aliphatic heterocycles. The van der Waals surface area contributed by atoms with Crippen LogP contribution in [0.4, 0.5) is 33.4 Å². The summed E-state index contributed by atoms with van der Waals surface area (Å²) in [6.07, 6.45) is 4.59. The van der Waals surface area contributed by atoms with Crippen molar-refractivity contribution in [3.8, 4) is 6.07 Å². The van der Waals surface area contributed by atoms with Crippen LogP contribution >= 0.6 is 11.3 Å². The van der Waals surface area contributed by atoms with Crippen LogP contribution in [-0.4, -0.2) is 6.71 Å². The zero-order valence-electron chi connectivity index (χ0n) is 39.6. The number of benzene rings is 5. The second kappa shape index (κ2) is 12.3. The van der Waals surface area contributed by atoms with Gasteiger partial charge < -0.3 is 9.80 Å². The maximum atomic E-state index is 11.1. The van der Waals surface area contributed by atoms with Crippen molar-refractivity contribution >= 4 is 78.0 Å². The summed E-state index contributed by atoms with van der Waals surface area (Å²) < 4.78 is 1.31. The zero-order valence-corrected chi connectivity index (χ0v) is 40.4. The van der Waals surface area contributed by atoms with Gasteiger partial charge >= 0.3 is 0 Å². The van der Waals surface area contributed by atoms with Crippen LogP contribution < -0.4 is 26.2 Å². The maximum Gasteiger partial charge on any atom is 0.254 e. The van der Waals surface area contributed by atoms with Gasteiger partial charge in [0.05, 0.1) is 22.3 Å². The molecule has 0 radical (unpaired) electrons. The largest absolute Gasteiger partial charge is 0.311 e. The number of hydrogen-bond donors (Lipinski definition) is 0. The van der Waals surface area contributed by atoms with Crippen molar-refractivity contribution < 1.29 is 0 Å². The minimum absolute atomic E-state index is 0.00126. The van der Waals surface area contributed by atoms with Crippen LogP contribution in [0, 0.1) is 18.3 Å². The molecule has 0 spiro atoms. The maximum absolute atomic E-state index is 11.1. The van der Waals surface area contributed by atoms with Crippen molar-refractivity contribution in [1.29, 1.82) is 5.26 Å². The SMILES string of the molecule is Cc1cc(C(C)(C)C)ccc1N1c2cc(C#N)cc3c2B(c2ccc4c5c2N3c2cc3c(cc2C5(C)CCC4(C)C)C(C)(C)CCC3(C)C)c2c1sc1ccc(C(C)(C)C)cc21. The molecule has 0 saturated heterocycles. The Balaban J connectivity index is 1.31. The van der Waals surface area contributed by atoms with Crippen LogP contribution in [0.15, 0.2) is 72.8 Å². The zero-order chi connectivity index (χ0) is 44.0. The van der Waals surface area contributed by atoms with Gasteiger partial charge in [0.15, 0.2) is 0 Å². The predicted octanol–water partition coefficient (Wildman–Crippen LogP) is 13.8. The van der Waals surface area contributed by atoms with E-state index in [4.69, 9.17) is 0 Å². The van der Waals surface area contributed by atoms with Crippen LogP contribution in [0.3, 0.4) is 0 Å². The number of hydrogen-bond acceptors (Lipinski definition) is 4. The Hall–Kier alpha value is -4.79. The fourth-order valence-corrected chi connectivity index (χ4v) is 13.7. The first kappa shape index (κ1) is 40.0. The van der Waals surface area contributed by atoms with E-state index in [2.05, 4.69) is 186 Å². The molecule has 6 aromatic rings. The summed E-state index contributed by atoms with van der Waals surface area (Å²) in [5, 5.41) is 13.7. The molecule has 5 aliphatic rings. The van der Waals surface area contributed by atoms with E-state index in [9.17, 15) is 5.26 Å². The Bertz CT molecular complexity index is 3030. The van der Waals surface area contributed by atoms with E-state index in [1.807, 2.05) is 11.3 Å². The molecule has 3 nitrogen and oxygen atoms in total. The standard InChI is InChI=1S/C57H62BN3S/c1-32-25-34(52(2,3)4)15-19-42(32)61-45-27-33(31-59)26-44-49(45)58(48-36-28-35(53(5,6)7)16-20-46(36)62-51(48)61)41-18-17-37-47-50(41)60(44)43-30-39-38(55(10,11)21-22-56(39,12)13)29-40(43)57(47,14)24-23-54(37,8)9/h15-20,25-30H,21-24H2,1-14H3. The van der Waals surface area contributed by atoms with Gasteiger partial charge in [-0.3, -0.25) is 0 Å². The highest BCUT2D eigenvalue weighted by molar-refractivity contribution is 7.26. The van der Waals surface area contributed by atoms with Gasteiger partial charge in [0.25, 0.3) is 6.71 Å². The molecule has 0 N–H and O–H groups in total. The Morgan fingerprint density at radius 3 is 1.84 bits per heavy atom. The number of nitriles is 1. The van der Waals surface area contributed by atoms with Crippen LogP contribution in [0.25, 0.3) is 10.1 Å². The summed E-state index contributed by atoms with van der Waals surface area (Å²) in [6, 6.07) is 31.8. The Morgan fingerprint density at radius 1 is 0.597 bits per heavy atom. The Labute approximate surface area is 375 Å². The quantitative estimate of drug-likeness (QED) is 0.154. The number of nitrogens with zero attached hydrogens (tertiary/aromatic N) is 3. The first-order chi connectivity index (χ1) is 29.0. The molecule has 5 aromatic carbocycles. The van der Waals surface area contributed by atoms with Crippen molar-refractivity contribution in [3.63, 3.8) is 0 Å². The number of aryl methyl sites for hydroxylation is 1. The van der Waals surface area contributed by atoms with E-state index in [-0.39, 0.29) is 39.2 Å². The van der Waals surface area contributed by atoms with Crippen LogP contribution in [-0.2, 0) is 32.5 Å². The first-order valence-corrected chi connectivity index (χ1v) is 24.0. The van der Waals surface area contributed by atoms with Crippen molar-refractivity contribution in [2.45, 2.75) is 155 Å². The van der Waals surface area contributed by atoms with E-state index in [0.717, 1.165) is 30.6 Å². The molecule has 1 atom stereocenters. The van der Waals surface area contributed by atoms with Gasteiger partial charge in [0.2, 0.25) is 0 Å². The van der Waals surface area contributed by atoms with Gasteiger partial charge in [-0.2, -0.15) is 5.26 Å². The summed E-state index contributed by atoms with van der Waals surface area (Å²) in [7, 11) is 0. The lowest BCUT2D eigenvalue weighted by atomic mass is 9.32. The van der Waals surface area contributed by atoms with Crippen LogP contribution in [0.2, 0.25) is 0 Å². The highest BCUT2D eigenvalue weighted by Crippen LogP contribution is 2.63. The molecule has 1 unspecified atom stereocenters. The third-order valence-electron chi connectivity index (χ3n) is 16.5. The van der Waals surface area contributed by atoms with Crippen LogP contribution in [0.5, 0.6) is 0 Å². The van der Waals surface area contributed by atoms with E-state index in [0.29, 0.717) is 5.56 Å². The molecule has 0 saturated carbocycles. The van der Waals surface area contributed by atoms with E-state index in [1.54, 1.807) is 0 Å². The molecule has 0 fully saturated rings. The monoisotopic (exact) mass is 831 g/mol. The van der Waals surface area contributed by atoms with E-state index >= 15 is 0 Å². The second-order valence-electron chi connectivity index (χ2n) is 24.0. The summed E-state index contributed by atoms with van der Waals surface area (Å²) in [5.41, 5.74) is 22.4. The molecule has 1 aromatic heterocycles. The molecule has 0 amide bonds. The minimum Gasteiger partial charge on any atom is -0.311 e. The Kier molecular flexibility index (Phi) is 7.92. The third-order valence-corrected chi connectivity index (χ3v) is 17.7. The van der Waals surface area contributed by atoms with Crippen molar-refractivity contribution in [2.24, 2.45) is 0 Å². The summed E-state index contributed by atoms with van der Waals surface area (Å²) in [5.74, 6) is 0. The predicted molar refractivity (Wildman–Crippen MR) is 267 cm³/mol. The van der Waals surface area contributed by atoms with Crippen molar-refractivity contribution in [1.82, 2.24) is 0 Å². The number of fused-ring (bicyclic) bond motifs is 10. The highest BCUT2D eigenvalue weighted by Gasteiger charge is 2.55. The fourth-order valence-electron chi connectivity index (χ4n) is 12.4. The number of anilines is 6. The van der Waals surface area contributed by atoms with Crippen molar-refractivity contribution in [2.75, 3.05) is 9.80 Å². The molecular weight excluding hydrogens is 770 g/mol. The van der Waals surface area contributed by atoms with Gasteiger partial charge in [-0.05, 0) is 156 Å². The van der Waals surface area contributed by atoms with Gasteiger partial charge in [-0.1, -0.05) is 132 Å². The van der Waals surface area contributed by atoms with Gasteiger partial charge in [-0.15, -0.1) is 11.3 Å². The lowest BCUT2D eigenvalue weighted by Crippen LogP contribution is -2.62. The topological polar surface area (TPSA) is 30.3 Å². The minimum atomic E-state index is -0.159. The van der Waals surface area contributed by atoms with E-state index < -0.39 is 0 Å². The number of thiophene rings is 1. The highest BCUT2D eigenvalue weighted by atomic mass is 32.1. The summed E-state index contributed by atoms with van der Waals surface area (Å²) in [4.78, 5) is 5.23. The number of rotatable bonds is 1. The molecule has 2 aliphatic carbocycles. The molecule has 0 bridgehead atoms. The summed E-state index contributed by atoms with van der Waals surface area (Å²) >= 11 is 1.92. The fraction of sp³-hybridized carbons (Fsp3) is 0.421. The molecule has 5 heteroatoms. The second-order valence-corrected chi connectivity index (χ2v) is 25.0. The molecule has 314 valence electrons. The lowest BCUT2D eigenvalue weighted by Gasteiger charge is -2.55. The molecule has 62 heavy (non-hydrogen) atoms. The third kappa shape index (κ3) is 5.23. The first-order valence-electron chi connectivity index (χ1n) is 23.2. The van der Waals surface area contributed by atoms with Crippen LogP contribution in [0.1, 0.15) is 166 Å². The van der Waals surface area contributed by atoms with Crippen molar-refractivity contribution in [3.05, 3.63) is 123 Å². The van der Waals surface area contributed by atoms with Gasteiger partial charge in [0.1, 0.15) is 0 Å². The average molecular weight is 832 g/mol. The smallest absolute Gasteiger partial charge is 0.254 e. The molecular formula is C57H62BN3S. The van der Waals surface area contributed by atoms with E-state index in [1.165, 1.54) is 99.5 Å². The Morgan fingerprint density at radius 2 is 1.19 bits per heavy atom.